The normalized spacial score (nSPS) is 23.2. The third-order valence-corrected chi connectivity index (χ3v) is 8.28. The number of carbonyl (C=O) groups excluding carboxylic acids is 1. The monoisotopic (exact) mass is 509 g/mol. The van der Waals surface area contributed by atoms with Crippen molar-refractivity contribution >= 4 is 11.7 Å². The summed E-state index contributed by atoms with van der Waals surface area (Å²) in [6.07, 6.45) is 3.97. The van der Waals surface area contributed by atoms with E-state index in [9.17, 15) is 14.7 Å². The lowest BCUT2D eigenvalue weighted by Gasteiger charge is -2.38. The molecule has 0 spiro atoms. The topological polar surface area (TPSA) is 91.1 Å². The van der Waals surface area contributed by atoms with Gasteiger partial charge in [0, 0.05) is 57.8 Å². The molecule has 5 rings (SSSR count). The highest BCUT2D eigenvalue weighted by atomic mass is 16.5. The standard InChI is InChI=1S/C28H39N5O4/c1-22(23-5-3-2-4-6-23)17-26(34)31-11-8-28(36,9-12-31)20-33-21-29-25(18-27(33)35)32-10-7-24(19-32)30-13-15-37-16-14-30/h2-6,18,21-22,24,36H,7-17,19-20H2,1H3/t22-,24?/m1/s1. The third kappa shape index (κ3) is 6.22. The van der Waals surface area contributed by atoms with Crippen LogP contribution in [0.4, 0.5) is 5.82 Å². The predicted molar refractivity (Wildman–Crippen MR) is 142 cm³/mol. The van der Waals surface area contributed by atoms with Gasteiger partial charge in [0.1, 0.15) is 5.82 Å². The van der Waals surface area contributed by atoms with Gasteiger partial charge in [0.25, 0.3) is 5.56 Å². The Balaban J connectivity index is 1.13. The van der Waals surface area contributed by atoms with Crippen molar-refractivity contribution in [1.29, 1.82) is 0 Å². The summed E-state index contributed by atoms with van der Waals surface area (Å²) in [5.74, 6) is 0.969. The van der Waals surface area contributed by atoms with E-state index in [2.05, 4.69) is 33.8 Å². The SMILES string of the molecule is C[C@H](CC(=O)N1CCC(O)(Cn2cnc(N3CCC(N4CCOCC4)C3)cc2=O)CC1)c1ccccc1. The fourth-order valence-corrected chi connectivity index (χ4v) is 5.84. The van der Waals surface area contributed by atoms with Gasteiger partial charge in [0.15, 0.2) is 0 Å². The number of carbonyl (C=O) groups is 1. The number of ether oxygens (including phenoxy) is 1. The summed E-state index contributed by atoms with van der Waals surface area (Å²) < 4.78 is 6.98. The second-order valence-corrected chi connectivity index (χ2v) is 10.9. The highest BCUT2D eigenvalue weighted by Crippen LogP contribution is 2.27. The van der Waals surface area contributed by atoms with Crippen LogP contribution in [0.5, 0.6) is 0 Å². The van der Waals surface area contributed by atoms with Crippen LogP contribution in [0.1, 0.15) is 44.1 Å². The fraction of sp³-hybridized carbons (Fsp3) is 0.607. The Morgan fingerprint density at radius 2 is 1.86 bits per heavy atom. The molecule has 0 bridgehead atoms. The zero-order chi connectivity index (χ0) is 25.8. The maximum atomic E-state index is 12.9. The summed E-state index contributed by atoms with van der Waals surface area (Å²) in [5, 5.41) is 11.2. The number of piperidine rings is 1. The molecule has 0 radical (unpaired) electrons. The summed E-state index contributed by atoms with van der Waals surface area (Å²) in [6.45, 7) is 8.49. The van der Waals surface area contributed by atoms with Crippen LogP contribution < -0.4 is 10.5 Å². The van der Waals surface area contributed by atoms with Crippen molar-refractivity contribution in [3.05, 3.63) is 58.6 Å². The molecule has 0 aliphatic carbocycles. The first-order valence-electron chi connectivity index (χ1n) is 13.6. The number of hydrogen-bond acceptors (Lipinski definition) is 7. The molecule has 1 unspecified atom stereocenters. The maximum Gasteiger partial charge on any atom is 0.255 e. The van der Waals surface area contributed by atoms with Gasteiger partial charge in [-0.1, -0.05) is 37.3 Å². The molecule has 2 aromatic rings. The average Bonchev–Trinajstić information content (AvgIpc) is 3.42. The smallest absolute Gasteiger partial charge is 0.255 e. The molecule has 9 nitrogen and oxygen atoms in total. The van der Waals surface area contributed by atoms with Gasteiger partial charge < -0.3 is 19.6 Å². The number of aliphatic hydroxyl groups is 1. The predicted octanol–water partition coefficient (Wildman–Crippen LogP) is 1.70. The lowest BCUT2D eigenvalue weighted by Crippen LogP contribution is -2.49. The molecule has 4 heterocycles. The molecule has 3 aliphatic rings. The van der Waals surface area contributed by atoms with Gasteiger partial charge >= 0.3 is 0 Å². The molecule has 3 saturated heterocycles. The first-order chi connectivity index (χ1) is 17.9. The van der Waals surface area contributed by atoms with Gasteiger partial charge in [-0.3, -0.25) is 19.1 Å². The van der Waals surface area contributed by atoms with Crippen LogP contribution in [0.15, 0.2) is 47.5 Å². The Hall–Kier alpha value is -2.75. The molecule has 1 aromatic heterocycles. The second-order valence-electron chi connectivity index (χ2n) is 10.9. The number of rotatable bonds is 7. The van der Waals surface area contributed by atoms with Crippen molar-refractivity contribution < 1.29 is 14.6 Å². The number of hydrogen-bond donors (Lipinski definition) is 1. The number of likely N-dealkylation sites (tertiary alicyclic amines) is 1. The quantitative estimate of drug-likeness (QED) is 0.608. The number of amides is 1. The minimum absolute atomic E-state index is 0.114. The van der Waals surface area contributed by atoms with Crippen LogP contribution in [-0.2, 0) is 16.1 Å². The summed E-state index contributed by atoms with van der Waals surface area (Å²) in [6, 6.07) is 12.1. The van der Waals surface area contributed by atoms with E-state index in [1.807, 2.05) is 23.1 Å². The van der Waals surface area contributed by atoms with E-state index in [0.29, 0.717) is 44.2 Å². The highest BCUT2D eigenvalue weighted by Gasteiger charge is 2.35. The van der Waals surface area contributed by atoms with E-state index < -0.39 is 5.60 Å². The van der Waals surface area contributed by atoms with E-state index in [0.717, 1.165) is 51.4 Å². The van der Waals surface area contributed by atoms with Crippen LogP contribution in [-0.4, -0.2) is 94.5 Å². The Labute approximate surface area is 218 Å². The minimum Gasteiger partial charge on any atom is -0.388 e. The Morgan fingerprint density at radius 3 is 2.57 bits per heavy atom. The molecule has 9 heteroatoms. The van der Waals surface area contributed by atoms with E-state index in [-0.39, 0.29) is 23.9 Å². The molecule has 1 amide bonds. The molecule has 37 heavy (non-hydrogen) atoms. The molecule has 1 aromatic carbocycles. The molecule has 200 valence electrons. The molecule has 3 fully saturated rings. The van der Waals surface area contributed by atoms with E-state index in [1.165, 1.54) is 4.57 Å². The van der Waals surface area contributed by atoms with Crippen molar-refractivity contribution in [3.63, 3.8) is 0 Å². The lowest BCUT2D eigenvalue weighted by molar-refractivity contribution is -0.136. The molecule has 0 saturated carbocycles. The summed E-state index contributed by atoms with van der Waals surface area (Å²) in [7, 11) is 0. The minimum atomic E-state index is -1.02. The summed E-state index contributed by atoms with van der Waals surface area (Å²) in [4.78, 5) is 36.8. The van der Waals surface area contributed by atoms with Gasteiger partial charge in [-0.05, 0) is 30.7 Å². The maximum absolute atomic E-state index is 12.9. The first-order valence-corrected chi connectivity index (χ1v) is 13.6. The Morgan fingerprint density at radius 1 is 1.14 bits per heavy atom. The zero-order valence-electron chi connectivity index (χ0n) is 21.8. The number of aromatic nitrogens is 2. The van der Waals surface area contributed by atoms with Gasteiger partial charge in [-0.2, -0.15) is 0 Å². The van der Waals surface area contributed by atoms with Crippen molar-refractivity contribution in [1.82, 2.24) is 19.4 Å². The van der Waals surface area contributed by atoms with Gasteiger partial charge in [0.2, 0.25) is 5.91 Å². The fourth-order valence-electron chi connectivity index (χ4n) is 5.84. The average molecular weight is 510 g/mol. The van der Waals surface area contributed by atoms with E-state index >= 15 is 0 Å². The molecule has 1 N–H and O–H groups in total. The number of benzene rings is 1. The van der Waals surface area contributed by atoms with Crippen LogP contribution in [0.2, 0.25) is 0 Å². The van der Waals surface area contributed by atoms with Crippen LogP contribution in [0, 0.1) is 0 Å². The van der Waals surface area contributed by atoms with E-state index in [4.69, 9.17) is 4.74 Å². The molecule has 2 atom stereocenters. The zero-order valence-corrected chi connectivity index (χ0v) is 21.8. The van der Waals surface area contributed by atoms with Crippen LogP contribution >= 0.6 is 0 Å². The van der Waals surface area contributed by atoms with Crippen LogP contribution in [0.25, 0.3) is 0 Å². The summed E-state index contributed by atoms with van der Waals surface area (Å²) >= 11 is 0. The van der Waals surface area contributed by atoms with Gasteiger partial charge in [-0.15, -0.1) is 0 Å². The second kappa shape index (κ2) is 11.3. The number of anilines is 1. The molecular formula is C28H39N5O4. The van der Waals surface area contributed by atoms with Crippen LogP contribution in [0.3, 0.4) is 0 Å². The van der Waals surface area contributed by atoms with Crippen molar-refractivity contribution in [2.75, 3.05) is 57.4 Å². The molecule has 3 aliphatic heterocycles. The number of nitrogens with zero attached hydrogens (tertiary/aromatic N) is 5. The number of morpholine rings is 1. The lowest BCUT2D eigenvalue weighted by atomic mass is 9.90. The first kappa shape index (κ1) is 25.9. The largest absolute Gasteiger partial charge is 0.388 e. The highest BCUT2D eigenvalue weighted by molar-refractivity contribution is 5.77. The Kier molecular flexibility index (Phi) is 7.92. The van der Waals surface area contributed by atoms with Gasteiger partial charge in [-0.25, -0.2) is 4.98 Å². The summed E-state index contributed by atoms with van der Waals surface area (Å²) in [5.41, 5.74) is -0.0159. The van der Waals surface area contributed by atoms with Crippen molar-refractivity contribution in [3.8, 4) is 0 Å². The molecular weight excluding hydrogens is 470 g/mol. The van der Waals surface area contributed by atoms with Crippen molar-refractivity contribution in [2.45, 2.75) is 56.7 Å². The third-order valence-electron chi connectivity index (χ3n) is 8.28. The van der Waals surface area contributed by atoms with Gasteiger partial charge in [0.05, 0.1) is 31.7 Å². The Bertz CT molecular complexity index is 1110. The van der Waals surface area contributed by atoms with Crippen molar-refractivity contribution in [2.24, 2.45) is 0 Å². The van der Waals surface area contributed by atoms with E-state index in [1.54, 1.807) is 12.4 Å².